The van der Waals surface area contributed by atoms with Crippen LogP contribution in [0.25, 0.3) is 21.9 Å². The molecule has 5 heteroatoms. The maximum absolute atomic E-state index is 12.2. The van der Waals surface area contributed by atoms with Crippen LogP contribution >= 0.6 is 0 Å². The Morgan fingerprint density at radius 1 is 0.921 bits per heavy atom. The summed E-state index contributed by atoms with van der Waals surface area (Å²) in [5.74, 6) is 3.48. The van der Waals surface area contributed by atoms with Crippen LogP contribution in [0.2, 0.25) is 0 Å². The normalized spacial score (nSPS) is 26.4. The van der Waals surface area contributed by atoms with Crippen molar-refractivity contribution in [1.29, 1.82) is 0 Å². The fourth-order valence-electron chi connectivity index (χ4n) is 7.77. The fourth-order valence-corrected chi connectivity index (χ4v) is 7.77. The van der Waals surface area contributed by atoms with E-state index in [0.29, 0.717) is 12.1 Å². The largest absolute Gasteiger partial charge is 0.467 e. The molecule has 4 aliphatic rings. The molecule has 0 aliphatic heterocycles. The van der Waals surface area contributed by atoms with Gasteiger partial charge in [0.1, 0.15) is 5.75 Å². The zero-order valence-corrected chi connectivity index (χ0v) is 22.8. The van der Waals surface area contributed by atoms with Crippen molar-refractivity contribution >= 4 is 16.7 Å². The SMILES string of the molecule is CCNC(=O)c1ccc(-c2ccc3cc(OCOC(C)OC)c(C45CC6CC(CC(C6)C4)C5)cc3c2)cc1. The van der Waals surface area contributed by atoms with Crippen molar-refractivity contribution in [2.24, 2.45) is 17.8 Å². The first kappa shape index (κ1) is 25.4. The molecule has 4 aliphatic carbocycles. The predicted molar refractivity (Wildman–Crippen MR) is 150 cm³/mol. The van der Waals surface area contributed by atoms with E-state index in [1.54, 1.807) is 7.11 Å². The van der Waals surface area contributed by atoms with E-state index in [0.717, 1.165) is 40.0 Å². The molecule has 0 saturated heterocycles. The van der Waals surface area contributed by atoms with Gasteiger partial charge in [-0.3, -0.25) is 4.79 Å². The number of rotatable bonds is 9. The van der Waals surface area contributed by atoms with Crippen LogP contribution in [0.4, 0.5) is 0 Å². The van der Waals surface area contributed by atoms with Crippen LogP contribution in [0.15, 0.2) is 54.6 Å². The smallest absolute Gasteiger partial charge is 0.251 e. The molecule has 0 heterocycles. The number of carbonyl (C=O) groups is 1. The molecule has 38 heavy (non-hydrogen) atoms. The summed E-state index contributed by atoms with van der Waals surface area (Å²) in [5, 5.41) is 5.27. The lowest BCUT2D eigenvalue weighted by molar-refractivity contribution is -0.150. The molecule has 3 aromatic carbocycles. The lowest BCUT2D eigenvalue weighted by Gasteiger charge is -2.57. The van der Waals surface area contributed by atoms with E-state index >= 15 is 0 Å². The third kappa shape index (κ3) is 4.83. The highest BCUT2D eigenvalue weighted by Crippen LogP contribution is 2.62. The summed E-state index contributed by atoms with van der Waals surface area (Å²) in [6.07, 6.45) is 7.75. The molecule has 0 aromatic heterocycles. The quantitative estimate of drug-likeness (QED) is 0.311. The molecular formula is C33H39NO4. The second-order valence-corrected chi connectivity index (χ2v) is 11.8. The van der Waals surface area contributed by atoms with E-state index in [4.69, 9.17) is 14.2 Å². The number of hydrogen-bond donors (Lipinski definition) is 1. The van der Waals surface area contributed by atoms with E-state index in [1.807, 2.05) is 38.1 Å². The molecular weight excluding hydrogens is 474 g/mol. The molecule has 5 nitrogen and oxygen atoms in total. The van der Waals surface area contributed by atoms with Gasteiger partial charge in [-0.1, -0.05) is 24.3 Å². The topological polar surface area (TPSA) is 56.8 Å². The van der Waals surface area contributed by atoms with Crippen LogP contribution in [0.1, 0.15) is 68.3 Å². The first-order valence-electron chi connectivity index (χ1n) is 14.2. The summed E-state index contributed by atoms with van der Waals surface area (Å²) in [4.78, 5) is 12.2. The van der Waals surface area contributed by atoms with E-state index in [1.165, 1.54) is 49.5 Å². The Labute approximate surface area is 225 Å². The molecule has 1 unspecified atom stereocenters. The molecule has 4 bridgehead atoms. The van der Waals surface area contributed by atoms with E-state index < -0.39 is 0 Å². The zero-order chi connectivity index (χ0) is 26.3. The molecule has 7 rings (SSSR count). The maximum Gasteiger partial charge on any atom is 0.251 e. The number of nitrogens with one attached hydrogen (secondary N) is 1. The second-order valence-electron chi connectivity index (χ2n) is 11.8. The highest BCUT2D eigenvalue weighted by Gasteiger charge is 2.52. The van der Waals surface area contributed by atoms with Crippen LogP contribution in [0.5, 0.6) is 5.75 Å². The van der Waals surface area contributed by atoms with Crippen LogP contribution in [-0.4, -0.2) is 32.6 Å². The molecule has 3 aromatic rings. The molecule has 4 saturated carbocycles. The van der Waals surface area contributed by atoms with Gasteiger partial charge in [-0.05, 0) is 128 Å². The highest BCUT2D eigenvalue weighted by molar-refractivity contribution is 5.95. The summed E-state index contributed by atoms with van der Waals surface area (Å²) in [7, 11) is 1.65. The molecule has 1 atom stereocenters. The number of fused-ring (bicyclic) bond motifs is 1. The average molecular weight is 514 g/mol. The van der Waals surface area contributed by atoms with E-state index in [-0.39, 0.29) is 24.4 Å². The molecule has 0 radical (unpaired) electrons. The van der Waals surface area contributed by atoms with Crippen molar-refractivity contribution in [3.63, 3.8) is 0 Å². The number of amides is 1. The van der Waals surface area contributed by atoms with Gasteiger partial charge >= 0.3 is 0 Å². The highest BCUT2D eigenvalue weighted by atomic mass is 16.7. The van der Waals surface area contributed by atoms with Crippen molar-refractivity contribution in [3.8, 4) is 16.9 Å². The predicted octanol–water partition coefficient (Wildman–Crippen LogP) is 7.07. The number of carbonyl (C=O) groups excluding carboxylic acids is 1. The third-order valence-electron chi connectivity index (χ3n) is 9.22. The van der Waals surface area contributed by atoms with Gasteiger partial charge in [0.25, 0.3) is 5.91 Å². The summed E-state index contributed by atoms with van der Waals surface area (Å²) < 4.78 is 17.3. The Bertz CT molecular complexity index is 1280. The van der Waals surface area contributed by atoms with Gasteiger partial charge in [-0.15, -0.1) is 0 Å². The average Bonchev–Trinajstić information content (AvgIpc) is 2.91. The third-order valence-corrected chi connectivity index (χ3v) is 9.22. The summed E-state index contributed by atoms with van der Waals surface area (Å²) in [5.41, 5.74) is 4.52. The van der Waals surface area contributed by atoms with Gasteiger partial charge in [0, 0.05) is 24.8 Å². The molecule has 0 spiro atoms. The Balaban J connectivity index is 1.36. The van der Waals surface area contributed by atoms with Gasteiger partial charge in [0.05, 0.1) is 0 Å². The standard InChI is InChI=1S/C33H39NO4/c1-4-34-32(35)26-7-5-25(6-8-26)27-9-10-28-16-31(38-20-37-21(2)36-3)30(15-29(28)14-27)33-17-22-11-23(18-33)13-24(12-22)19-33/h5-10,14-16,21-24H,4,11-13,17-20H2,1-3H3,(H,34,35). The van der Waals surface area contributed by atoms with Gasteiger partial charge in [0.15, 0.2) is 13.1 Å². The fraction of sp³-hybridized carbons (Fsp3) is 0.485. The zero-order valence-electron chi connectivity index (χ0n) is 22.8. The number of hydrogen-bond acceptors (Lipinski definition) is 4. The number of ether oxygens (including phenoxy) is 3. The van der Waals surface area contributed by atoms with Gasteiger partial charge < -0.3 is 19.5 Å². The first-order chi connectivity index (χ1) is 18.5. The van der Waals surface area contributed by atoms with Crippen molar-refractivity contribution in [2.45, 2.75) is 64.1 Å². The van der Waals surface area contributed by atoms with Crippen molar-refractivity contribution in [1.82, 2.24) is 5.32 Å². The molecule has 200 valence electrons. The monoisotopic (exact) mass is 513 g/mol. The molecule has 4 fully saturated rings. The summed E-state index contributed by atoms with van der Waals surface area (Å²) in [6.45, 7) is 4.62. The minimum Gasteiger partial charge on any atom is -0.467 e. The Morgan fingerprint density at radius 3 is 2.21 bits per heavy atom. The second kappa shape index (κ2) is 10.3. The van der Waals surface area contributed by atoms with Gasteiger partial charge in [-0.25, -0.2) is 0 Å². The first-order valence-corrected chi connectivity index (χ1v) is 14.2. The van der Waals surface area contributed by atoms with Gasteiger partial charge in [-0.2, -0.15) is 0 Å². The molecule has 1 amide bonds. The number of methoxy groups -OCH3 is 1. The lowest BCUT2D eigenvalue weighted by atomic mass is 9.48. The number of benzene rings is 3. The molecule has 1 N–H and O–H groups in total. The van der Waals surface area contributed by atoms with E-state index in [2.05, 4.69) is 35.6 Å². The van der Waals surface area contributed by atoms with Crippen LogP contribution in [0.3, 0.4) is 0 Å². The van der Waals surface area contributed by atoms with Crippen molar-refractivity contribution in [3.05, 3.63) is 65.7 Å². The van der Waals surface area contributed by atoms with Crippen molar-refractivity contribution in [2.75, 3.05) is 20.4 Å². The van der Waals surface area contributed by atoms with E-state index in [9.17, 15) is 4.79 Å². The van der Waals surface area contributed by atoms with Crippen LogP contribution < -0.4 is 10.1 Å². The minimum atomic E-state index is -0.305. The van der Waals surface area contributed by atoms with Crippen LogP contribution in [-0.2, 0) is 14.9 Å². The minimum absolute atomic E-state index is 0.0332. The Morgan fingerprint density at radius 2 is 1.58 bits per heavy atom. The Kier molecular flexibility index (Phi) is 6.92. The lowest BCUT2D eigenvalue weighted by Crippen LogP contribution is -2.48. The Hall–Kier alpha value is -2.89. The summed E-state index contributed by atoms with van der Waals surface area (Å²) >= 11 is 0. The van der Waals surface area contributed by atoms with Gasteiger partial charge in [0.2, 0.25) is 0 Å². The summed E-state index contributed by atoms with van der Waals surface area (Å²) in [6, 6.07) is 19.1. The maximum atomic E-state index is 12.2. The van der Waals surface area contributed by atoms with Crippen molar-refractivity contribution < 1.29 is 19.0 Å². The van der Waals surface area contributed by atoms with Crippen LogP contribution in [0, 0.1) is 17.8 Å².